The molecule has 1 atom stereocenters. The molecule has 0 saturated carbocycles. The van der Waals surface area contributed by atoms with E-state index in [1.165, 1.54) is 22.3 Å². The van der Waals surface area contributed by atoms with Crippen molar-refractivity contribution in [3.63, 3.8) is 0 Å². The third-order valence-corrected chi connectivity index (χ3v) is 4.11. The standard InChI is InChI=1S/C19H22N2/c1-12-7-6-8-19(18(12)11-20)21-16(5)17-10-14(3)13(2)9-15(17)4/h6-10,16,21H,1-5H3. The van der Waals surface area contributed by atoms with Gasteiger partial charge in [0.25, 0.3) is 0 Å². The first kappa shape index (κ1) is 15.1. The Balaban J connectivity index is 2.35. The van der Waals surface area contributed by atoms with E-state index < -0.39 is 0 Å². The molecule has 2 nitrogen and oxygen atoms in total. The first-order chi connectivity index (χ1) is 9.93. The summed E-state index contributed by atoms with van der Waals surface area (Å²) in [7, 11) is 0. The van der Waals surface area contributed by atoms with Crippen LogP contribution < -0.4 is 5.32 Å². The van der Waals surface area contributed by atoms with Crippen molar-refractivity contribution in [1.82, 2.24) is 0 Å². The third-order valence-electron chi connectivity index (χ3n) is 4.11. The summed E-state index contributed by atoms with van der Waals surface area (Å²) in [6.07, 6.45) is 0. The second-order valence-corrected chi connectivity index (χ2v) is 5.77. The fourth-order valence-electron chi connectivity index (χ4n) is 2.70. The Morgan fingerprint density at radius 2 is 1.62 bits per heavy atom. The number of nitrogens with zero attached hydrogens (tertiary/aromatic N) is 1. The fraction of sp³-hybridized carbons (Fsp3) is 0.316. The van der Waals surface area contributed by atoms with Gasteiger partial charge in [-0.1, -0.05) is 24.3 Å². The van der Waals surface area contributed by atoms with E-state index in [1.54, 1.807) is 0 Å². The van der Waals surface area contributed by atoms with E-state index in [2.05, 4.69) is 51.2 Å². The van der Waals surface area contributed by atoms with Gasteiger partial charge in [-0.15, -0.1) is 0 Å². The van der Waals surface area contributed by atoms with Gasteiger partial charge in [0.1, 0.15) is 6.07 Å². The molecular formula is C19H22N2. The van der Waals surface area contributed by atoms with Gasteiger partial charge in [0.05, 0.1) is 11.3 Å². The second kappa shape index (κ2) is 6.01. The van der Waals surface area contributed by atoms with Crippen molar-refractivity contribution in [2.75, 3.05) is 5.32 Å². The van der Waals surface area contributed by atoms with Crippen molar-refractivity contribution in [2.24, 2.45) is 0 Å². The van der Waals surface area contributed by atoms with Crippen LogP contribution in [0, 0.1) is 39.0 Å². The highest BCUT2D eigenvalue weighted by atomic mass is 14.9. The number of rotatable bonds is 3. The molecular weight excluding hydrogens is 256 g/mol. The Bertz CT molecular complexity index is 708. The lowest BCUT2D eigenvalue weighted by atomic mass is 9.96. The molecule has 0 fully saturated rings. The Hall–Kier alpha value is -2.27. The van der Waals surface area contributed by atoms with E-state index in [0.717, 1.165) is 16.8 Å². The van der Waals surface area contributed by atoms with Crippen molar-refractivity contribution in [3.05, 3.63) is 63.7 Å². The van der Waals surface area contributed by atoms with Gasteiger partial charge in [-0.2, -0.15) is 5.26 Å². The van der Waals surface area contributed by atoms with Crippen LogP contribution in [0.25, 0.3) is 0 Å². The molecule has 0 bridgehead atoms. The topological polar surface area (TPSA) is 35.8 Å². The molecule has 0 aliphatic carbocycles. The second-order valence-electron chi connectivity index (χ2n) is 5.77. The SMILES string of the molecule is Cc1cc(C)c(C(C)Nc2cccc(C)c2C#N)cc1C. The number of anilines is 1. The lowest BCUT2D eigenvalue weighted by molar-refractivity contribution is 0.869. The smallest absolute Gasteiger partial charge is 0.102 e. The van der Waals surface area contributed by atoms with Crippen LogP contribution in [0.3, 0.4) is 0 Å². The summed E-state index contributed by atoms with van der Waals surface area (Å²) in [5, 5.41) is 12.8. The quantitative estimate of drug-likeness (QED) is 0.860. The minimum Gasteiger partial charge on any atom is -0.377 e. The zero-order chi connectivity index (χ0) is 15.6. The van der Waals surface area contributed by atoms with Gasteiger partial charge in [-0.05, 0) is 68.5 Å². The number of nitrogens with one attached hydrogen (secondary N) is 1. The summed E-state index contributed by atoms with van der Waals surface area (Å²) >= 11 is 0. The first-order valence-electron chi connectivity index (χ1n) is 7.28. The van der Waals surface area contributed by atoms with Gasteiger partial charge in [-0.3, -0.25) is 0 Å². The van der Waals surface area contributed by atoms with Crippen molar-refractivity contribution in [1.29, 1.82) is 5.26 Å². The number of hydrogen-bond acceptors (Lipinski definition) is 2. The van der Waals surface area contributed by atoms with Crippen molar-refractivity contribution in [2.45, 2.75) is 40.7 Å². The highest BCUT2D eigenvalue weighted by Gasteiger charge is 2.12. The predicted molar refractivity (Wildman–Crippen MR) is 88.6 cm³/mol. The number of aryl methyl sites for hydroxylation is 4. The molecule has 2 aromatic rings. The molecule has 1 N–H and O–H groups in total. The molecule has 0 aliphatic rings. The minimum absolute atomic E-state index is 0.165. The van der Waals surface area contributed by atoms with Gasteiger partial charge in [0.2, 0.25) is 0 Å². The molecule has 2 rings (SSSR count). The van der Waals surface area contributed by atoms with E-state index in [4.69, 9.17) is 0 Å². The number of benzene rings is 2. The average Bonchev–Trinajstić information content (AvgIpc) is 2.43. The molecule has 0 amide bonds. The molecule has 0 spiro atoms. The molecule has 108 valence electrons. The van der Waals surface area contributed by atoms with Crippen LogP contribution in [0.1, 0.15) is 46.3 Å². The molecule has 21 heavy (non-hydrogen) atoms. The normalized spacial score (nSPS) is 11.8. The number of nitriles is 1. The summed E-state index contributed by atoms with van der Waals surface area (Å²) < 4.78 is 0. The van der Waals surface area contributed by atoms with E-state index in [0.29, 0.717) is 0 Å². The van der Waals surface area contributed by atoms with Crippen molar-refractivity contribution < 1.29 is 0 Å². The van der Waals surface area contributed by atoms with Gasteiger partial charge >= 0.3 is 0 Å². The summed E-state index contributed by atoms with van der Waals surface area (Å²) in [6, 6.07) is 12.8. The third kappa shape index (κ3) is 3.08. The largest absolute Gasteiger partial charge is 0.377 e. The Morgan fingerprint density at radius 1 is 0.952 bits per heavy atom. The molecule has 0 radical (unpaired) electrons. The maximum absolute atomic E-state index is 9.33. The fourth-order valence-corrected chi connectivity index (χ4v) is 2.70. The van der Waals surface area contributed by atoms with E-state index in [9.17, 15) is 5.26 Å². The molecule has 0 saturated heterocycles. The van der Waals surface area contributed by atoms with Crippen LogP contribution in [-0.4, -0.2) is 0 Å². The van der Waals surface area contributed by atoms with Gasteiger partial charge < -0.3 is 5.32 Å². The van der Waals surface area contributed by atoms with Gasteiger partial charge in [-0.25, -0.2) is 0 Å². The molecule has 0 aromatic heterocycles. The zero-order valence-corrected chi connectivity index (χ0v) is 13.4. The molecule has 2 aromatic carbocycles. The van der Waals surface area contributed by atoms with E-state index in [1.807, 2.05) is 25.1 Å². The average molecular weight is 278 g/mol. The molecule has 0 heterocycles. The van der Waals surface area contributed by atoms with E-state index >= 15 is 0 Å². The Morgan fingerprint density at radius 3 is 2.29 bits per heavy atom. The molecule has 0 aliphatic heterocycles. The molecule has 1 unspecified atom stereocenters. The van der Waals surface area contributed by atoms with Crippen LogP contribution in [0.4, 0.5) is 5.69 Å². The monoisotopic (exact) mass is 278 g/mol. The summed E-state index contributed by atoms with van der Waals surface area (Å²) in [5.41, 5.74) is 7.82. The Labute approximate surface area is 127 Å². The lowest BCUT2D eigenvalue weighted by Gasteiger charge is -2.20. The zero-order valence-electron chi connectivity index (χ0n) is 13.4. The lowest BCUT2D eigenvalue weighted by Crippen LogP contribution is -2.10. The van der Waals surface area contributed by atoms with Crippen LogP contribution in [0.5, 0.6) is 0 Å². The summed E-state index contributed by atoms with van der Waals surface area (Å²) in [4.78, 5) is 0. The maximum atomic E-state index is 9.33. The van der Waals surface area contributed by atoms with Gasteiger partial charge in [0.15, 0.2) is 0 Å². The minimum atomic E-state index is 0.165. The van der Waals surface area contributed by atoms with E-state index in [-0.39, 0.29) is 6.04 Å². The number of hydrogen-bond donors (Lipinski definition) is 1. The van der Waals surface area contributed by atoms with Gasteiger partial charge in [0, 0.05) is 6.04 Å². The highest BCUT2D eigenvalue weighted by molar-refractivity contribution is 5.61. The Kier molecular flexibility index (Phi) is 4.33. The van der Waals surface area contributed by atoms with Crippen LogP contribution in [0.15, 0.2) is 30.3 Å². The van der Waals surface area contributed by atoms with Crippen LogP contribution in [0.2, 0.25) is 0 Å². The predicted octanol–water partition coefficient (Wildman–Crippen LogP) is 4.97. The van der Waals surface area contributed by atoms with Crippen LogP contribution >= 0.6 is 0 Å². The molecule has 2 heteroatoms. The van der Waals surface area contributed by atoms with Crippen LogP contribution in [-0.2, 0) is 0 Å². The highest BCUT2D eigenvalue weighted by Crippen LogP contribution is 2.27. The maximum Gasteiger partial charge on any atom is 0.102 e. The van der Waals surface area contributed by atoms with Crippen molar-refractivity contribution in [3.8, 4) is 6.07 Å². The summed E-state index contributed by atoms with van der Waals surface area (Å²) in [6.45, 7) is 10.5. The first-order valence-corrected chi connectivity index (χ1v) is 7.28. The summed E-state index contributed by atoms with van der Waals surface area (Å²) in [5.74, 6) is 0. The van der Waals surface area contributed by atoms with Crippen molar-refractivity contribution >= 4 is 5.69 Å².